The number of aryl methyl sites for hydroxylation is 1. The lowest BCUT2D eigenvalue weighted by Gasteiger charge is -2.14. The summed E-state index contributed by atoms with van der Waals surface area (Å²) in [4.78, 5) is 12.0. The lowest BCUT2D eigenvalue weighted by Crippen LogP contribution is -2.19. The Morgan fingerprint density at radius 3 is 2.50 bits per heavy atom. The number of nitrogens with zero attached hydrogens (tertiary/aromatic N) is 3. The molecule has 3 aromatic rings. The molecule has 2 N–H and O–H groups in total. The predicted octanol–water partition coefficient (Wildman–Crippen LogP) is 3.76. The highest BCUT2D eigenvalue weighted by atomic mass is 32.2. The minimum atomic E-state index is -0.533. The van der Waals surface area contributed by atoms with Crippen LogP contribution < -0.4 is 5.73 Å². The van der Waals surface area contributed by atoms with Crippen LogP contribution in [0.15, 0.2) is 72.4 Å². The molecular weight excluding hydrogens is 344 g/mol. The average molecular weight is 364 g/mol. The van der Waals surface area contributed by atoms with Gasteiger partial charge in [-0.2, -0.15) is 0 Å². The molecule has 0 saturated carbocycles. The van der Waals surface area contributed by atoms with Crippen LogP contribution in [-0.2, 0) is 11.3 Å². The number of carbonyl (C=O) groups is 1. The SMILES string of the molecule is C=CCn1c(S[C@H](C(N)=O)c2ccccc2)nnc1-c1ccc(C)cc1. The summed E-state index contributed by atoms with van der Waals surface area (Å²) in [7, 11) is 0. The van der Waals surface area contributed by atoms with Crippen LogP contribution >= 0.6 is 11.8 Å². The number of rotatable bonds is 7. The molecule has 0 radical (unpaired) electrons. The fourth-order valence-corrected chi connectivity index (χ4v) is 3.61. The van der Waals surface area contributed by atoms with Gasteiger partial charge < -0.3 is 5.73 Å². The maximum atomic E-state index is 12.0. The van der Waals surface area contributed by atoms with Gasteiger partial charge in [-0.15, -0.1) is 16.8 Å². The molecule has 26 heavy (non-hydrogen) atoms. The second-order valence-corrected chi connectivity index (χ2v) is 6.95. The van der Waals surface area contributed by atoms with Crippen LogP contribution in [0, 0.1) is 6.92 Å². The first-order chi connectivity index (χ1) is 12.6. The molecule has 0 unspecified atom stereocenters. The number of allylic oxidation sites excluding steroid dienone is 1. The van der Waals surface area contributed by atoms with Crippen molar-refractivity contribution in [1.29, 1.82) is 0 Å². The summed E-state index contributed by atoms with van der Waals surface area (Å²) >= 11 is 1.30. The normalized spacial score (nSPS) is 11.9. The molecule has 0 fully saturated rings. The Hall–Kier alpha value is -2.86. The Labute approximate surface area is 156 Å². The fourth-order valence-electron chi connectivity index (χ4n) is 2.61. The molecule has 1 aromatic heterocycles. The molecule has 0 saturated heterocycles. The summed E-state index contributed by atoms with van der Waals surface area (Å²) in [5, 5.41) is 8.73. The molecule has 2 aromatic carbocycles. The second kappa shape index (κ2) is 8.01. The van der Waals surface area contributed by atoms with Gasteiger partial charge >= 0.3 is 0 Å². The Kier molecular flexibility index (Phi) is 5.53. The first kappa shape index (κ1) is 17.9. The predicted molar refractivity (Wildman–Crippen MR) is 105 cm³/mol. The quantitative estimate of drug-likeness (QED) is 0.512. The Morgan fingerprint density at radius 1 is 1.19 bits per heavy atom. The van der Waals surface area contributed by atoms with Crippen molar-refractivity contribution in [3.05, 3.63) is 78.4 Å². The third-order valence-electron chi connectivity index (χ3n) is 3.92. The Morgan fingerprint density at radius 2 is 1.88 bits per heavy atom. The number of nitrogens with two attached hydrogens (primary N) is 1. The number of thioether (sulfide) groups is 1. The lowest BCUT2D eigenvalue weighted by atomic mass is 10.1. The van der Waals surface area contributed by atoms with Crippen molar-refractivity contribution < 1.29 is 4.79 Å². The number of benzene rings is 2. The Balaban J connectivity index is 1.98. The molecule has 0 bridgehead atoms. The van der Waals surface area contributed by atoms with Gasteiger partial charge in [0.05, 0.1) is 0 Å². The number of primary amides is 1. The van der Waals surface area contributed by atoms with Crippen LogP contribution in [0.25, 0.3) is 11.4 Å². The zero-order chi connectivity index (χ0) is 18.5. The van der Waals surface area contributed by atoms with E-state index < -0.39 is 11.2 Å². The molecule has 0 aliphatic heterocycles. The maximum Gasteiger partial charge on any atom is 0.235 e. The summed E-state index contributed by atoms with van der Waals surface area (Å²) in [6.07, 6.45) is 1.78. The molecule has 0 aliphatic carbocycles. The first-order valence-electron chi connectivity index (χ1n) is 8.22. The molecule has 6 heteroatoms. The van der Waals surface area contributed by atoms with E-state index in [4.69, 9.17) is 5.73 Å². The van der Waals surface area contributed by atoms with Crippen molar-refractivity contribution in [2.45, 2.75) is 23.9 Å². The molecule has 5 nitrogen and oxygen atoms in total. The molecule has 0 spiro atoms. The van der Waals surface area contributed by atoms with E-state index in [9.17, 15) is 4.79 Å². The molecule has 0 aliphatic rings. The van der Waals surface area contributed by atoms with Gasteiger partial charge in [-0.1, -0.05) is 78.0 Å². The van der Waals surface area contributed by atoms with Gasteiger partial charge in [0.25, 0.3) is 0 Å². The first-order valence-corrected chi connectivity index (χ1v) is 9.10. The smallest absolute Gasteiger partial charge is 0.235 e. The van der Waals surface area contributed by atoms with E-state index in [0.717, 1.165) is 17.0 Å². The lowest BCUT2D eigenvalue weighted by molar-refractivity contribution is -0.117. The van der Waals surface area contributed by atoms with Crippen LogP contribution in [0.5, 0.6) is 0 Å². The van der Waals surface area contributed by atoms with E-state index in [0.29, 0.717) is 11.7 Å². The number of aromatic nitrogens is 3. The fraction of sp³-hybridized carbons (Fsp3) is 0.150. The summed E-state index contributed by atoms with van der Waals surface area (Å²) in [5.74, 6) is 0.329. The van der Waals surface area contributed by atoms with Crippen molar-refractivity contribution in [1.82, 2.24) is 14.8 Å². The molecular formula is C20H20N4OS. The second-order valence-electron chi connectivity index (χ2n) is 5.88. The monoisotopic (exact) mass is 364 g/mol. The van der Waals surface area contributed by atoms with E-state index in [1.165, 1.54) is 17.3 Å². The van der Waals surface area contributed by atoms with E-state index in [1.807, 2.05) is 66.1 Å². The van der Waals surface area contributed by atoms with Crippen LogP contribution in [0.4, 0.5) is 0 Å². The number of carbonyl (C=O) groups excluding carboxylic acids is 1. The highest BCUT2D eigenvalue weighted by molar-refractivity contribution is 8.00. The Bertz CT molecular complexity index is 903. The van der Waals surface area contributed by atoms with E-state index in [-0.39, 0.29) is 0 Å². The average Bonchev–Trinajstić information content (AvgIpc) is 3.04. The molecule has 3 rings (SSSR count). The summed E-state index contributed by atoms with van der Waals surface area (Å²) in [6, 6.07) is 17.5. The number of hydrogen-bond acceptors (Lipinski definition) is 4. The van der Waals surface area contributed by atoms with Crippen molar-refractivity contribution in [2.75, 3.05) is 0 Å². The number of amides is 1. The van der Waals surface area contributed by atoms with Gasteiger partial charge in [0.2, 0.25) is 5.91 Å². The standard InChI is InChI=1S/C20H20N4OS/c1-3-13-24-19(16-11-9-14(2)10-12-16)22-23-20(24)26-17(18(21)25)15-7-5-4-6-8-15/h3-12,17H,1,13H2,2H3,(H2,21,25)/t17-/m0/s1. The number of hydrogen-bond donors (Lipinski definition) is 1. The highest BCUT2D eigenvalue weighted by Crippen LogP contribution is 2.35. The topological polar surface area (TPSA) is 73.8 Å². The molecule has 1 amide bonds. The van der Waals surface area contributed by atoms with Crippen molar-refractivity contribution in [3.63, 3.8) is 0 Å². The largest absolute Gasteiger partial charge is 0.368 e. The van der Waals surface area contributed by atoms with Crippen molar-refractivity contribution in [3.8, 4) is 11.4 Å². The minimum absolute atomic E-state index is 0.411. The van der Waals surface area contributed by atoms with E-state index in [1.54, 1.807) is 6.08 Å². The van der Waals surface area contributed by atoms with Crippen molar-refractivity contribution in [2.24, 2.45) is 5.73 Å². The van der Waals surface area contributed by atoms with Crippen molar-refractivity contribution >= 4 is 17.7 Å². The van der Waals surface area contributed by atoms with Gasteiger partial charge in [-0.3, -0.25) is 9.36 Å². The highest BCUT2D eigenvalue weighted by Gasteiger charge is 2.23. The van der Waals surface area contributed by atoms with Crippen LogP contribution in [0.3, 0.4) is 0 Å². The maximum absolute atomic E-state index is 12.0. The minimum Gasteiger partial charge on any atom is -0.368 e. The van der Waals surface area contributed by atoms with Gasteiger partial charge in [0.1, 0.15) is 5.25 Å². The van der Waals surface area contributed by atoms with E-state index in [2.05, 4.69) is 16.8 Å². The van der Waals surface area contributed by atoms with Crippen LogP contribution in [0.1, 0.15) is 16.4 Å². The third kappa shape index (κ3) is 3.86. The third-order valence-corrected chi connectivity index (χ3v) is 5.18. The van der Waals surface area contributed by atoms with E-state index >= 15 is 0 Å². The molecule has 1 heterocycles. The zero-order valence-corrected chi connectivity index (χ0v) is 15.3. The van der Waals surface area contributed by atoms with Gasteiger partial charge in [0.15, 0.2) is 11.0 Å². The van der Waals surface area contributed by atoms with Gasteiger partial charge in [-0.25, -0.2) is 0 Å². The molecule has 132 valence electrons. The van der Waals surface area contributed by atoms with Gasteiger partial charge in [-0.05, 0) is 12.5 Å². The molecule has 1 atom stereocenters. The van der Waals surface area contributed by atoms with Crippen LogP contribution in [0.2, 0.25) is 0 Å². The van der Waals surface area contributed by atoms with Gasteiger partial charge in [0, 0.05) is 12.1 Å². The summed E-state index contributed by atoms with van der Waals surface area (Å²) in [6.45, 7) is 6.40. The van der Waals surface area contributed by atoms with Crippen LogP contribution in [-0.4, -0.2) is 20.7 Å². The zero-order valence-electron chi connectivity index (χ0n) is 14.5. The summed E-state index contributed by atoms with van der Waals surface area (Å²) < 4.78 is 1.95. The summed E-state index contributed by atoms with van der Waals surface area (Å²) in [5.41, 5.74) is 8.62.